The molecule has 7 unspecified atom stereocenters. The number of nitrogens with one attached hydrogen (secondary N) is 1. The minimum Gasteiger partial charge on any atom is -0.466 e. The summed E-state index contributed by atoms with van der Waals surface area (Å²) in [5.41, 5.74) is 0. The third-order valence-electron chi connectivity index (χ3n) is 21.1. The molecule has 1 amide bonds. The number of aliphatic hydroxyl groups is 5. The van der Waals surface area contributed by atoms with Crippen LogP contribution in [0.1, 0.15) is 457 Å². The predicted octanol–water partition coefficient (Wildman–Crippen LogP) is 24.3. The third kappa shape index (κ3) is 63.8. The van der Waals surface area contributed by atoms with E-state index in [0.29, 0.717) is 19.4 Å². The first-order chi connectivity index (χ1) is 48.2. The number of hydrogen-bond acceptors (Lipinski definition) is 10. The van der Waals surface area contributed by atoms with Gasteiger partial charge in [0.2, 0.25) is 5.91 Å². The zero-order valence-electron chi connectivity index (χ0n) is 65.0. The van der Waals surface area contributed by atoms with Crippen LogP contribution in [0.5, 0.6) is 0 Å². The first-order valence-corrected chi connectivity index (χ1v) is 43.6. The summed E-state index contributed by atoms with van der Waals surface area (Å²) in [5, 5.41) is 54.6. The lowest BCUT2D eigenvalue weighted by molar-refractivity contribution is -0.302. The molecule has 11 heteroatoms. The Morgan fingerprint density at radius 2 is 0.653 bits per heavy atom. The lowest BCUT2D eigenvalue weighted by Crippen LogP contribution is -2.60. The van der Waals surface area contributed by atoms with Crippen LogP contribution in [0.15, 0.2) is 24.3 Å². The van der Waals surface area contributed by atoms with E-state index in [4.69, 9.17) is 14.2 Å². The number of rotatable bonds is 79. The monoisotopic (exact) mass is 1390 g/mol. The summed E-state index contributed by atoms with van der Waals surface area (Å²) in [4.78, 5) is 25.2. The van der Waals surface area contributed by atoms with E-state index in [9.17, 15) is 35.1 Å². The van der Waals surface area contributed by atoms with Crippen molar-refractivity contribution in [3.63, 3.8) is 0 Å². The van der Waals surface area contributed by atoms with Gasteiger partial charge in [0.1, 0.15) is 24.4 Å². The zero-order chi connectivity index (χ0) is 70.8. The molecular formula is C87H167NO10. The maximum Gasteiger partial charge on any atom is 0.305 e. The lowest BCUT2D eigenvalue weighted by Gasteiger charge is -2.40. The molecule has 11 nitrogen and oxygen atoms in total. The van der Waals surface area contributed by atoms with Gasteiger partial charge in [-0.25, -0.2) is 0 Å². The van der Waals surface area contributed by atoms with Crippen molar-refractivity contribution in [2.45, 2.75) is 500 Å². The molecule has 0 spiro atoms. The fourth-order valence-corrected chi connectivity index (χ4v) is 14.3. The van der Waals surface area contributed by atoms with Crippen molar-refractivity contribution in [3.8, 4) is 0 Å². The van der Waals surface area contributed by atoms with Crippen LogP contribution < -0.4 is 5.32 Å². The topological polar surface area (TPSA) is 175 Å². The number of carbonyl (C=O) groups excluding carboxylic acids is 2. The van der Waals surface area contributed by atoms with Gasteiger partial charge in [0.05, 0.1) is 32.0 Å². The molecule has 0 bridgehead atoms. The number of carbonyl (C=O) groups is 2. The summed E-state index contributed by atoms with van der Waals surface area (Å²) in [5.74, 6) is -0.152. The Hall–Kier alpha value is -1.86. The quantitative estimate of drug-likeness (QED) is 0.0195. The van der Waals surface area contributed by atoms with Gasteiger partial charge in [-0.1, -0.05) is 411 Å². The van der Waals surface area contributed by atoms with E-state index in [1.807, 2.05) is 6.08 Å². The van der Waals surface area contributed by atoms with Crippen LogP contribution in [0.25, 0.3) is 0 Å². The van der Waals surface area contributed by atoms with Crippen molar-refractivity contribution in [1.82, 2.24) is 5.32 Å². The van der Waals surface area contributed by atoms with Crippen molar-refractivity contribution in [2.75, 3.05) is 19.8 Å². The van der Waals surface area contributed by atoms with Gasteiger partial charge in [-0.3, -0.25) is 9.59 Å². The van der Waals surface area contributed by atoms with E-state index in [0.717, 1.165) is 51.4 Å². The normalized spacial score (nSPS) is 17.2. The molecule has 1 aliphatic rings. The maximum atomic E-state index is 13.1. The smallest absolute Gasteiger partial charge is 0.305 e. The molecule has 0 aliphatic carbocycles. The van der Waals surface area contributed by atoms with E-state index in [2.05, 4.69) is 31.3 Å². The third-order valence-corrected chi connectivity index (χ3v) is 21.1. The van der Waals surface area contributed by atoms with Crippen molar-refractivity contribution in [2.24, 2.45) is 0 Å². The van der Waals surface area contributed by atoms with Crippen LogP contribution in [-0.4, -0.2) is 100 Å². The number of unbranched alkanes of at least 4 members (excludes halogenated alkanes) is 63. The van der Waals surface area contributed by atoms with Crippen molar-refractivity contribution in [1.29, 1.82) is 0 Å². The van der Waals surface area contributed by atoms with Gasteiger partial charge < -0.3 is 45.1 Å². The van der Waals surface area contributed by atoms with Crippen LogP contribution in [0.4, 0.5) is 0 Å². The van der Waals surface area contributed by atoms with Crippen LogP contribution in [0.2, 0.25) is 0 Å². The largest absolute Gasteiger partial charge is 0.466 e. The second-order valence-electron chi connectivity index (χ2n) is 30.6. The SMILES string of the molecule is CCCCCCCCCCCC/C=C/C(O)C(COC1OC(CO)C(O)C(O)C1O)NC(=O)CCCCCCCCCCCCCCCCCCC/C=C\CCCCCCCCCCCCCCCCCCCCOC(=O)CCCCCCCCCCCCCCCCCCCCC. The number of esters is 1. The summed E-state index contributed by atoms with van der Waals surface area (Å²) in [7, 11) is 0. The average Bonchev–Trinajstić information content (AvgIpc) is 0.824. The Balaban J connectivity index is 1.85. The Bertz CT molecular complexity index is 1680. The Kier molecular flexibility index (Phi) is 73.3. The summed E-state index contributed by atoms with van der Waals surface area (Å²) >= 11 is 0. The molecule has 580 valence electrons. The van der Waals surface area contributed by atoms with E-state index in [1.165, 1.54) is 379 Å². The molecule has 98 heavy (non-hydrogen) atoms. The minimum atomic E-state index is -1.57. The van der Waals surface area contributed by atoms with E-state index < -0.39 is 49.5 Å². The van der Waals surface area contributed by atoms with Crippen LogP contribution in [0.3, 0.4) is 0 Å². The molecule has 1 fully saturated rings. The maximum absolute atomic E-state index is 13.1. The lowest BCUT2D eigenvalue weighted by atomic mass is 9.99. The summed E-state index contributed by atoms with van der Waals surface area (Å²) < 4.78 is 16.8. The van der Waals surface area contributed by atoms with Gasteiger partial charge in [-0.15, -0.1) is 0 Å². The van der Waals surface area contributed by atoms with Gasteiger partial charge in [0.15, 0.2) is 6.29 Å². The molecule has 0 saturated carbocycles. The highest BCUT2D eigenvalue weighted by Gasteiger charge is 2.44. The molecule has 0 aromatic heterocycles. The highest BCUT2D eigenvalue weighted by atomic mass is 16.7. The van der Waals surface area contributed by atoms with Gasteiger partial charge in [0, 0.05) is 12.8 Å². The second-order valence-corrected chi connectivity index (χ2v) is 30.6. The van der Waals surface area contributed by atoms with Gasteiger partial charge in [-0.2, -0.15) is 0 Å². The molecular weight excluding hydrogens is 1220 g/mol. The number of aliphatic hydroxyl groups excluding tert-OH is 5. The van der Waals surface area contributed by atoms with E-state index in [-0.39, 0.29) is 18.5 Å². The summed E-state index contributed by atoms with van der Waals surface area (Å²) in [6.07, 6.45) is 89.6. The van der Waals surface area contributed by atoms with Crippen molar-refractivity contribution < 1.29 is 49.3 Å². The highest BCUT2D eigenvalue weighted by molar-refractivity contribution is 5.76. The molecule has 6 N–H and O–H groups in total. The fourth-order valence-electron chi connectivity index (χ4n) is 14.3. The Labute approximate surface area is 607 Å². The Morgan fingerprint density at radius 3 is 0.980 bits per heavy atom. The first kappa shape index (κ1) is 94.2. The first-order valence-electron chi connectivity index (χ1n) is 43.6. The van der Waals surface area contributed by atoms with Crippen molar-refractivity contribution >= 4 is 11.9 Å². The molecule has 0 aromatic carbocycles. The molecule has 1 saturated heterocycles. The van der Waals surface area contributed by atoms with Gasteiger partial charge in [-0.05, 0) is 57.8 Å². The number of hydrogen-bond donors (Lipinski definition) is 6. The van der Waals surface area contributed by atoms with E-state index >= 15 is 0 Å². The summed E-state index contributed by atoms with van der Waals surface area (Å²) in [6, 6.07) is -0.806. The minimum absolute atomic E-state index is 0.0228. The van der Waals surface area contributed by atoms with Crippen LogP contribution >= 0.6 is 0 Å². The van der Waals surface area contributed by atoms with Crippen LogP contribution in [-0.2, 0) is 23.8 Å². The average molecular weight is 1390 g/mol. The molecule has 0 radical (unpaired) electrons. The number of ether oxygens (including phenoxy) is 3. The number of allylic oxidation sites excluding steroid dienone is 3. The summed E-state index contributed by atoms with van der Waals surface area (Å²) in [6.45, 7) is 4.41. The standard InChI is InChI=1S/C87H167NO10/c1-3-5-7-9-11-13-15-17-18-19-41-45-48-51-55-59-63-67-71-75-83(92)96-76-72-68-64-60-56-52-49-46-43-40-38-36-34-32-30-28-26-24-22-20-21-23-25-27-29-31-33-35-37-39-42-44-47-50-54-58-62-66-70-74-82(91)88-79(78-97-87-86(95)85(94)84(93)81(77-89)98-87)80(90)73-69-65-61-57-53-16-14-12-10-8-6-4-2/h20-21,69,73,79-81,84-87,89-90,93-95H,3-19,22-68,70-72,74-78H2,1-2H3,(H,88,91)/b21-20-,73-69+. The predicted molar refractivity (Wildman–Crippen MR) is 417 cm³/mol. The van der Waals surface area contributed by atoms with Gasteiger partial charge in [0.25, 0.3) is 0 Å². The molecule has 0 aromatic rings. The van der Waals surface area contributed by atoms with Crippen LogP contribution in [0, 0.1) is 0 Å². The number of amides is 1. The Morgan fingerprint density at radius 1 is 0.367 bits per heavy atom. The fraction of sp³-hybridized carbons (Fsp3) is 0.931. The van der Waals surface area contributed by atoms with Crippen molar-refractivity contribution in [3.05, 3.63) is 24.3 Å². The van der Waals surface area contributed by atoms with E-state index in [1.54, 1.807) is 6.08 Å². The molecule has 1 heterocycles. The molecule has 7 atom stereocenters. The molecule has 1 rings (SSSR count). The highest BCUT2D eigenvalue weighted by Crippen LogP contribution is 2.24. The zero-order valence-corrected chi connectivity index (χ0v) is 65.0. The molecule has 1 aliphatic heterocycles. The second kappa shape index (κ2) is 76.3. The van der Waals surface area contributed by atoms with Gasteiger partial charge >= 0.3 is 5.97 Å².